The van der Waals surface area contributed by atoms with Crippen molar-refractivity contribution in [3.05, 3.63) is 102 Å². The van der Waals surface area contributed by atoms with Crippen LogP contribution in [0, 0.1) is 0 Å². The molecule has 0 aromatic heterocycles. The first-order valence-corrected chi connectivity index (χ1v) is 11.1. The number of benzene rings is 3. The summed E-state index contributed by atoms with van der Waals surface area (Å²) in [4.78, 5) is 36.6. The summed E-state index contributed by atoms with van der Waals surface area (Å²) in [5, 5.41) is 5.14. The van der Waals surface area contributed by atoms with Gasteiger partial charge >= 0.3 is 0 Å². The van der Waals surface area contributed by atoms with Crippen LogP contribution in [0.3, 0.4) is 0 Å². The molecule has 0 unspecified atom stereocenters. The number of rotatable bonds is 7. The Morgan fingerprint density at radius 1 is 0.829 bits per heavy atom. The Labute approximate surface area is 208 Å². The van der Waals surface area contributed by atoms with Crippen molar-refractivity contribution in [1.82, 2.24) is 16.2 Å². The Hall–Kier alpha value is -4.50. The van der Waals surface area contributed by atoms with Crippen molar-refractivity contribution in [3.8, 4) is 5.75 Å². The molecule has 0 heterocycles. The molecule has 0 fully saturated rings. The summed E-state index contributed by atoms with van der Waals surface area (Å²) in [5.41, 5.74) is 7.12. The first-order valence-electron chi connectivity index (χ1n) is 10.7. The van der Waals surface area contributed by atoms with Gasteiger partial charge in [0.05, 0.1) is 6.61 Å². The molecule has 8 nitrogen and oxygen atoms in total. The molecule has 0 atom stereocenters. The molecule has 3 amide bonds. The summed E-state index contributed by atoms with van der Waals surface area (Å²) >= 11 is 5.03. The largest absolute Gasteiger partial charge is 0.494 e. The van der Waals surface area contributed by atoms with Gasteiger partial charge in [0, 0.05) is 22.9 Å². The van der Waals surface area contributed by atoms with Gasteiger partial charge in [-0.3, -0.25) is 30.6 Å². The summed E-state index contributed by atoms with van der Waals surface area (Å²) in [6.07, 6.45) is 2.96. The van der Waals surface area contributed by atoms with E-state index in [-0.39, 0.29) is 11.0 Å². The van der Waals surface area contributed by atoms with Crippen LogP contribution in [0.1, 0.15) is 33.2 Å². The lowest BCUT2D eigenvalue weighted by Gasteiger charge is -2.10. The second-order valence-corrected chi connectivity index (χ2v) is 7.54. The number of carbonyl (C=O) groups excluding carboxylic acids is 3. The average molecular weight is 489 g/mol. The summed E-state index contributed by atoms with van der Waals surface area (Å²) in [6, 6.07) is 22.4. The van der Waals surface area contributed by atoms with Crippen LogP contribution in [0.2, 0.25) is 0 Å². The molecule has 0 bridgehead atoms. The predicted molar refractivity (Wildman–Crippen MR) is 139 cm³/mol. The minimum Gasteiger partial charge on any atom is -0.494 e. The minimum atomic E-state index is -0.465. The van der Waals surface area contributed by atoms with Gasteiger partial charge in [-0.2, -0.15) is 0 Å². The van der Waals surface area contributed by atoms with Crippen molar-refractivity contribution in [3.63, 3.8) is 0 Å². The van der Waals surface area contributed by atoms with Crippen molar-refractivity contribution < 1.29 is 19.1 Å². The molecule has 35 heavy (non-hydrogen) atoms. The van der Waals surface area contributed by atoms with E-state index in [1.54, 1.807) is 54.6 Å². The fourth-order valence-corrected chi connectivity index (χ4v) is 3.03. The number of hydrogen-bond acceptors (Lipinski definition) is 5. The molecule has 3 aromatic carbocycles. The lowest BCUT2D eigenvalue weighted by Crippen LogP contribution is -2.48. The maximum atomic E-state index is 12.3. The summed E-state index contributed by atoms with van der Waals surface area (Å²) in [6.45, 7) is 2.49. The van der Waals surface area contributed by atoms with E-state index >= 15 is 0 Å². The second-order valence-electron chi connectivity index (χ2n) is 7.13. The van der Waals surface area contributed by atoms with Crippen LogP contribution in [-0.4, -0.2) is 29.4 Å². The van der Waals surface area contributed by atoms with Crippen LogP contribution in [0.5, 0.6) is 5.75 Å². The molecule has 3 aromatic rings. The van der Waals surface area contributed by atoms with E-state index in [9.17, 15) is 14.4 Å². The van der Waals surface area contributed by atoms with Crippen molar-refractivity contribution in [2.24, 2.45) is 0 Å². The molecular weight excluding hydrogens is 464 g/mol. The van der Waals surface area contributed by atoms with E-state index in [0.29, 0.717) is 23.4 Å². The molecule has 0 saturated heterocycles. The third-order valence-electron chi connectivity index (χ3n) is 4.59. The number of hydrazine groups is 1. The predicted octanol–water partition coefficient (Wildman–Crippen LogP) is 3.69. The van der Waals surface area contributed by atoms with Crippen molar-refractivity contribution in [2.45, 2.75) is 6.92 Å². The van der Waals surface area contributed by atoms with Gasteiger partial charge in [0.1, 0.15) is 5.75 Å². The molecule has 0 saturated carbocycles. The zero-order valence-corrected chi connectivity index (χ0v) is 19.7. The molecule has 0 aliphatic rings. The van der Waals surface area contributed by atoms with Crippen molar-refractivity contribution in [1.29, 1.82) is 0 Å². The summed E-state index contributed by atoms with van der Waals surface area (Å²) in [5.74, 6) is -0.416. The van der Waals surface area contributed by atoms with Crippen LogP contribution in [0.15, 0.2) is 84.9 Å². The topological polar surface area (TPSA) is 109 Å². The average Bonchev–Trinajstić information content (AvgIpc) is 2.88. The van der Waals surface area contributed by atoms with Crippen LogP contribution < -0.4 is 26.2 Å². The third kappa shape index (κ3) is 8.09. The van der Waals surface area contributed by atoms with Gasteiger partial charge in [-0.1, -0.05) is 30.3 Å². The highest BCUT2D eigenvalue weighted by molar-refractivity contribution is 7.80. The van der Waals surface area contributed by atoms with Gasteiger partial charge in [-0.05, 0) is 79.3 Å². The van der Waals surface area contributed by atoms with Gasteiger partial charge in [0.25, 0.3) is 11.8 Å². The zero-order valence-electron chi connectivity index (χ0n) is 18.9. The van der Waals surface area contributed by atoms with Crippen LogP contribution >= 0.6 is 12.2 Å². The van der Waals surface area contributed by atoms with Crippen LogP contribution in [-0.2, 0) is 4.79 Å². The number of amides is 3. The molecule has 178 valence electrons. The fraction of sp³-hybridized carbons (Fsp3) is 0.0769. The van der Waals surface area contributed by atoms with Gasteiger partial charge in [-0.25, -0.2) is 0 Å². The van der Waals surface area contributed by atoms with E-state index < -0.39 is 11.8 Å². The van der Waals surface area contributed by atoms with Crippen molar-refractivity contribution in [2.75, 3.05) is 11.9 Å². The molecule has 0 spiro atoms. The monoisotopic (exact) mass is 488 g/mol. The van der Waals surface area contributed by atoms with E-state index in [1.165, 1.54) is 6.08 Å². The van der Waals surface area contributed by atoms with Gasteiger partial charge in [0.15, 0.2) is 5.11 Å². The zero-order chi connectivity index (χ0) is 25.0. The normalized spacial score (nSPS) is 10.3. The third-order valence-corrected chi connectivity index (χ3v) is 4.79. The highest BCUT2D eigenvalue weighted by Crippen LogP contribution is 2.13. The second kappa shape index (κ2) is 12.7. The fourth-order valence-electron chi connectivity index (χ4n) is 2.88. The van der Waals surface area contributed by atoms with Gasteiger partial charge in [-0.15, -0.1) is 0 Å². The van der Waals surface area contributed by atoms with E-state index in [1.807, 2.05) is 37.3 Å². The first-order chi connectivity index (χ1) is 16.9. The Balaban J connectivity index is 1.43. The number of hydrogen-bond donors (Lipinski definition) is 4. The van der Waals surface area contributed by atoms with E-state index in [4.69, 9.17) is 17.0 Å². The molecule has 3 rings (SSSR count). The maximum Gasteiger partial charge on any atom is 0.269 e. The van der Waals surface area contributed by atoms with E-state index in [0.717, 1.165) is 11.3 Å². The van der Waals surface area contributed by atoms with Crippen LogP contribution in [0.25, 0.3) is 6.08 Å². The number of thiocarbonyl (C=S) groups is 1. The molecule has 0 aliphatic carbocycles. The highest BCUT2D eigenvalue weighted by atomic mass is 32.1. The first kappa shape index (κ1) is 25.1. The number of anilines is 1. The van der Waals surface area contributed by atoms with Crippen LogP contribution in [0.4, 0.5) is 5.69 Å². The Bertz CT molecular complexity index is 1210. The lowest BCUT2D eigenvalue weighted by atomic mass is 10.2. The molecule has 9 heteroatoms. The van der Waals surface area contributed by atoms with Gasteiger partial charge < -0.3 is 10.1 Å². The smallest absolute Gasteiger partial charge is 0.269 e. The minimum absolute atomic E-state index is 0.0635. The number of nitrogens with one attached hydrogen (secondary N) is 4. The quantitative estimate of drug-likeness (QED) is 0.230. The van der Waals surface area contributed by atoms with Gasteiger partial charge in [0.2, 0.25) is 5.91 Å². The van der Waals surface area contributed by atoms with Crippen molar-refractivity contribution >= 4 is 46.8 Å². The molecule has 0 radical (unpaired) electrons. The lowest BCUT2D eigenvalue weighted by molar-refractivity contribution is -0.115. The summed E-state index contributed by atoms with van der Waals surface area (Å²) < 4.78 is 5.37. The maximum absolute atomic E-state index is 12.3. The SMILES string of the molecule is CCOc1ccc(/C=C/C(=O)NC(=S)NNC(=O)c2ccc(NC(=O)c3ccccc3)cc2)cc1. The van der Waals surface area contributed by atoms with E-state index in [2.05, 4.69) is 21.5 Å². The summed E-state index contributed by atoms with van der Waals surface area (Å²) in [7, 11) is 0. The molecule has 0 aliphatic heterocycles. The Morgan fingerprint density at radius 3 is 2.14 bits per heavy atom. The molecular formula is C26H24N4O4S. The highest BCUT2D eigenvalue weighted by Gasteiger charge is 2.09. The number of ether oxygens (including phenoxy) is 1. The Kier molecular flexibility index (Phi) is 9.09. The molecule has 4 N–H and O–H groups in total. The number of carbonyl (C=O) groups is 3. The standard InChI is InChI=1S/C26H24N4O4S/c1-2-34-22-15-8-18(9-16-22)10-17-23(31)28-26(35)30-29-25(33)20-11-13-21(14-12-20)27-24(32)19-6-4-3-5-7-19/h3-17H,2H2,1H3,(H,27,32)(H,29,33)(H2,28,30,31,35)/b17-10+. The Morgan fingerprint density at radius 2 is 1.49 bits per heavy atom.